The van der Waals surface area contributed by atoms with Gasteiger partial charge in [-0.1, -0.05) is 18.2 Å². The fourth-order valence-corrected chi connectivity index (χ4v) is 1.94. The monoisotopic (exact) mass is 262 g/mol. The van der Waals surface area contributed by atoms with Crippen LogP contribution in [0.3, 0.4) is 0 Å². The molecular weight excluding hydrogens is 244 g/mol. The number of thioether (sulfide) groups is 1. The van der Waals surface area contributed by atoms with Crippen molar-refractivity contribution in [2.75, 3.05) is 12.8 Å². The van der Waals surface area contributed by atoms with E-state index < -0.39 is 0 Å². The molecule has 2 N–H and O–H groups in total. The molecule has 2 aromatic rings. The predicted octanol–water partition coefficient (Wildman–Crippen LogP) is 3.04. The van der Waals surface area contributed by atoms with Crippen LogP contribution in [0.2, 0.25) is 0 Å². The van der Waals surface area contributed by atoms with Gasteiger partial charge in [-0.05, 0) is 26.2 Å². The van der Waals surface area contributed by atoms with Crippen molar-refractivity contribution in [1.29, 1.82) is 0 Å². The maximum absolute atomic E-state index is 12.1. The molecule has 0 fully saturated rings. The largest absolute Gasteiger partial charge is 0.360 e. The maximum atomic E-state index is 12.1. The summed E-state index contributed by atoms with van der Waals surface area (Å²) in [6.07, 6.45) is 3.82. The number of amides is 1. The molecule has 0 aliphatic rings. The van der Waals surface area contributed by atoms with Crippen LogP contribution in [0.25, 0.3) is 10.9 Å². The van der Waals surface area contributed by atoms with Gasteiger partial charge in [0.25, 0.3) is 5.91 Å². The van der Waals surface area contributed by atoms with Crippen LogP contribution in [0.5, 0.6) is 0 Å². The molecule has 3 nitrogen and oxygen atoms in total. The van der Waals surface area contributed by atoms with Crippen LogP contribution in [0.15, 0.2) is 30.5 Å². The molecule has 0 aliphatic heterocycles. The molecule has 0 bridgehead atoms. The van der Waals surface area contributed by atoms with Crippen molar-refractivity contribution in [3.05, 3.63) is 36.0 Å². The zero-order valence-electron chi connectivity index (χ0n) is 10.9. The number of hydrogen-bond acceptors (Lipinski definition) is 2. The second kappa shape index (κ2) is 5.06. The van der Waals surface area contributed by atoms with Gasteiger partial charge in [-0.25, -0.2) is 0 Å². The van der Waals surface area contributed by atoms with E-state index in [2.05, 4.69) is 30.4 Å². The van der Waals surface area contributed by atoms with E-state index in [-0.39, 0.29) is 10.7 Å². The van der Waals surface area contributed by atoms with E-state index in [1.807, 2.05) is 24.3 Å². The second-order valence-electron chi connectivity index (χ2n) is 4.89. The summed E-state index contributed by atoms with van der Waals surface area (Å²) >= 11 is 1.75. The lowest BCUT2D eigenvalue weighted by Gasteiger charge is -2.22. The second-order valence-corrected chi connectivity index (χ2v) is 6.41. The third-order valence-electron chi connectivity index (χ3n) is 3.06. The number of fused-ring (bicyclic) bond motifs is 1. The molecule has 0 radical (unpaired) electrons. The predicted molar refractivity (Wildman–Crippen MR) is 78.2 cm³/mol. The smallest absolute Gasteiger partial charge is 0.253 e. The Morgan fingerprint density at radius 1 is 1.39 bits per heavy atom. The molecule has 96 valence electrons. The Kier molecular flexibility index (Phi) is 3.66. The van der Waals surface area contributed by atoms with Crippen molar-refractivity contribution in [2.24, 2.45) is 0 Å². The number of carbonyl (C=O) groups is 1. The Hall–Kier alpha value is -1.42. The molecule has 4 heteroatoms. The normalized spacial score (nSPS) is 11.7. The molecule has 1 amide bonds. The van der Waals surface area contributed by atoms with Gasteiger partial charge >= 0.3 is 0 Å². The Morgan fingerprint density at radius 3 is 2.83 bits per heavy atom. The van der Waals surface area contributed by atoms with Gasteiger partial charge in [0.15, 0.2) is 0 Å². The van der Waals surface area contributed by atoms with Crippen LogP contribution < -0.4 is 5.32 Å². The number of carbonyl (C=O) groups excluding carboxylic acids is 1. The van der Waals surface area contributed by atoms with Crippen LogP contribution in [-0.2, 0) is 0 Å². The third-order valence-corrected chi connectivity index (χ3v) is 4.31. The molecule has 0 aliphatic carbocycles. The number of aromatic amines is 1. The van der Waals surface area contributed by atoms with Crippen LogP contribution in [0, 0.1) is 0 Å². The Balaban J connectivity index is 2.14. The molecule has 0 saturated heterocycles. The summed E-state index contributed by atoms with van der Waals surface area (Å²) in [7, 11) is 0. The highest BCUT2D eigenvalue weighted by Gasteiger charge is 2.18. The Bertz CT molecular complexity index is 560. The average Bonchev–Trinajstić information content (AvgIpc) is 2.80. The maximum Gasteiger partial charge on any atom is 0.253 e. The fraction of sp³-hybridized carbons (Fsp3) is 0.357. The van der Waals surface area contributed by atoms with E-state index in [4.69, 9.17) is 0 Å². The van der Waals surface area contributed by atoms with Gasteiger partial charge in [0, 0.05) is 28.4 Å². The SMILES string of the molecule is CSC(C)(C)CNC(=O)c1c[nH]c2ccccc12. The highest BCUT2D eigenvalue weighted by Crippen LogP contribution is 2.21. The highest BCUT2D eigenvalue weighted by atomic mass is 32.2. The lowest BCUT2D eigenvalue weighted by molar-refractivity contribution is 0.0952. The zero-order chi connectivity index (χ0) is 13.2. The van der Waals surface area contributed by atoms with Gasteiger partial charge in [0.2, 0.25) is 0 Å². The van der Waals surface area contributed by atoms with Gasteiger partial charge in [-0.15, -0.1) is 0 Å². The Morgan fingerprint density at radius 2 is 2.11 bits per heavy atom. The molecule has 2 rings (SSSR count). The number of aromatic nitrogens is 1. The summed E-state index contributed by atoms with van der Waals surface area (Å²) in [6.45, 7) is 4.90. The van der Waals surface area contributed by atoms with Crippen LogP contribution >= 0.6 is 11.8 Å². The summed E-state index contributed by atoms with van der Waals surface area (Å²) in [4.78, 5) is 15.3. The van der Waals surface area contributed by atoms with Crippen LogP contribution in [-0.4, -0.2) is 28.4 Å². The molecular formula is C14H18N2OS. The summed E-state index contributed by atoms with van der Waals surface area (Å²) in [5.74, 6) is -0.0189. The highest BCUT2D eigenvalue weighted by molar-refractivity contribution is 7.99. The topological polar surface area (TPSA) is 44.9 Å². The summed E-state index contributed by atoms with van der Waals surface area (Å²) in [5, 5.41) is 3.96. The first-order valence-electron chi connectivity index (χ1n) is 5.93. The number of benzene rings is 1. The molecule has 0 saturated carbocycles. The lowest BCUT2D eigenvalue weighted by Crippen LogP contribution is -2.35. The van der Waals surface area contributed by atoms with Gasteiger partial charge in [0.05, 0.1) is 5.56 Å². The summed E-state index contributed by atoms with van der Waals surface area (Å²) in [5.41, 5.74) is 1.70. The molecule has 1 heterocycles. The number of nitrogens with one attached hydrogen (secondary N) is 2. The first-order valence-corrected chi connectivity index (χ1v) is 7.15. The first-order chi connectivity index (χ1) is 8.53. The van der Waals surface area contributed by atoms with Gasteiger partial charge < -0.3 is 10.3 Å². The van der Waals surface area contributed by atoms with Gasteiger partial charge in [-0.2, -0.15) is 11.8 Å². The number of para-hydroxylation sites is 1. The van der Waals surface area contributed by atoms with E-state index in [1.165, 1.54) is 0 Å². The van der Waals surface area contributed by atoms with Crippen molar-refractivity contribution in [3.63, 3.8) is 0 Å². The number of hydrogen-bond donors (Lipinski definition) is 2. The van der Waals surface area contributed by atoms with E-state index in [1.54, 1.807) is 18.0 Å². The molecule has 1 aromatic carbocycles. The van der Waals surface area contributed by atoms with Gasteiger partial charge in [0.1, 0.15) is 0 Å². The molecule has 0 unspecified atom stereocenters. The van der Waals surface area contributed by atoms with E-state index >= 15 is 0 Å². The first kappa shape index (κ1) is 13.0. The minimum absolute atomic E-state index is 0.0189. The third kappa shape index (κ3) is 2.70. The summed E-state index contributed by atoms with van der Waals surface area (Å²) < 4.78 is 0.0573. The van der Waals surface area contributed by atoms with Crippen molar-refractivity contribution in [1.82, 2.24) is 10.3 Å². The van der Waals surface area contributed by atoms with Gasteiger partial charge in [-0.3, -0.25) is 4.79 Å². The quantitative estimate of drug-likeness (QED) is 0.889. The minimum atomic E-state index is -0.0189. The van der Waals surface area contributed by atoms with Crippen molar-refractivity contribution < 1.29 is 4.79 Å². The lowest BCUT2D eigenvalue weighted by atomic mass is 10.1. The molecule has 0 spiro atoms. The minimum Gasteiger partial charge on any atom is -0.360 e. The average molecular weight is 262 g/mol. The Labute approximate surface area is 111 Å². The van der Waals surface area contributed by atoms with E-state index in [0.29, 0.717) is 12.1 Å². The molecule has 1 aromatic heterocycles. The van der Waals surface area contributed by atoms with E-state index in [9.17, 15) is 4.79 Å². The van der Waals surface area contributed by atoms with Crippen LogP contribution in [0.4, 0.5) is 0 Å². The standard InChI is InChI=1S/C14H18N2OS/c1-14(2,18-3)9-16-13(17)11-8-15-12-7-5-4-6-10(11)12/h4-8,15H,9H2,1-3H3,(H,16,17). The van der Waals surface area contributed by atoms with Crippen molar-refractivity contribution in [2.45, 2.75) is 18.6 Å². The zero-order valence-corrected chi connectivity index (χ0v) is 11.7. The number of H-pyrrole nitrogens is 1. The molecule has 0 atom stereocenters. The fourth-order valence-electron chi connectivity index (χ4n) is 1.72. The van der Waals surface area contributed by atoms with Crippen molar-refractivity contribution >= 4 is 28.6 Å². The summed E-state index contributed by atoms with van der Waals surface area (Å²) in [6, 6.07) is 7.83. The van der Waals surface area contributed by atoms with E-state index in [0.717, 1.165) is 10.9 Å². The van der Waals surface area contributed by atoms with Crippen molar-refractivity contribution in [3.8, 4) is 0 Å². The van der Waals surface area contributed by atoms with Crippen LogP contribution in [0.1, 0.15) is 24.2 Å². The molecule has 18 heavy (non-hydrogen) atoms. The number of rotatable bonds is 4.